The van der Waals surface area contributed by atoms with Crippen molar-refractivity contribution in [1.29, 1.82) is 0 Å². The summed E-state index contributed by atoms with van der Waals surface area (Å²) in [6.07, 6.45) is 0. The lowest BCUT2D eigenvalue weighted by atomic mass is 10.0. The highest BCUT2D eigenvalue weighted by Gasteiger charge is 2.22. The first-order valence-corrected chi connectivity index (χ1v) is 15.7. The number of benzene rings is 7. The lowest BCUT2D eigenvalue weighted by molar-refractivity contribution is 0.620. The van der Waals surface area contributed by atoms with Gasteiger partial charge in [0, 0.05) is 27.7 Å². The fourth-order valence-corrected chi connectivity index (χ4v) is 6.51. The quantitative estimate of drug-likeness (QED) is 0.189. The van der Waals surface area contributed by atoms with Gasteiger partial charge in [-0.3, -0.25) is 0 Å². The smallest absolute Gasteiger partial charge is 0.228 e. The second-order valence-corrected chi connectivity index (χ2v) is 11.6. The molecule has 222 valence electrons. The molecular weight excluding hydrogens is 576 g/mol. The fraction of sp³-hybridized carbons (Fsp3) is 0. The highest BCUT2D eigenvalue weighted by Crippen LogP contribution is 2.45. The van der Waals surface area contributed by atoms with Crippen molar-refractivity contribution in [2.24, 2.45) is 0 Å². The topological polar surface area (TPSA) is 42.4 Å². The van der Waals surface area contributed by atoms with Crippen LogP contribution >= 0.6 is 0 Å². The molecule has 0 N–H and O–H groups in total. The average Bonchev–Trinajstić information content (AvgIpc) is 3.75. The molecule has 47 heavy (non-hydrogen) atoms. The normalized spacial score (nSPS) is 11.4. The molecule has 0 aliphatic carbocycles. The molecule has 9 aromatic rings. The standard InChI is InChI=1S/C43H28N2O2/c1-3-13-29(14-4-1)31-17-9-19-33(27-31)45(34-20-10-18-32(28-34)30-15-5-2-6-16-30)38-24-11-21-35-41-36(22-12-26-40(41)46-42(35)38)43-44-37-23-7-8-25-39(37)47-43/h1-28H. The second kappa shape index (κ2) is 11.2. The number of hydrogen-bond acceptors (Lipinski definition) is 4. The van der Waals surface area contributed by atoms with Crippen molar-refractivity contribution in [3.05, 3.63) is 170 Å². The predicted octanol–water partition coefficient (Wildman–Crippen LogP) is 12.2. The van der Waals surface area contributed by atoms with Crippen LogP contribution in [0, 0.1) is 0 Å². The Morgan fingerprint density at radius 1 is 0.447 bits per heavy atom. The number of rotatable bonds is 6. The Morgan fingerprint density at radius 3 is 1.70 bits per heavy atom. The largest absolute Gasteiger partial charge is 0.454 e. The Kier molecular flexibility index (Phi) is 6.43. The van der Waals surface area contributed by atoms with Gasteiger partial charge in [0.25, 0.3) is 0 Å². The van der Waals surface area contributed by atoms with Gasteiger partial charge >= 0.3 is 0 Å². The van der Waals surface area contributed by atoms with Crippen molar-refractivity contribution in [3.8, 4) is 33.7 Å². The van der Waals surface area contributed by atoms with Crippen molar-refractivity contribution < 1.29 is 8.83 Å². The molecule has 0 saturated heterocycles. The van der Waals surface area contributed by atoms with Gasteiger partial charge in [-0.1, -0.05) is 115 Å². The molecule has 4 nitrogen and oxygen atoms in total. The molecule has 4 heteroatoms. The number of anilines is 3. The van der Waals surface area contributed by atoms with E-state index in [2.05, 4.69) is 126 Å². The van der Waals surface area contributed by atoms with Crippen LogP contribution in [0.1, 0.15) is 0 Å². The van der Waals surface area contributed by atoms with Gasteiger partial charge in [-0.25, -0.2) is 4.98 Å². The Balaban J connectivity index is 1.28. The Hall–Kier alpha value is -6.39. The maximum absolute atomic E-state index is 6.76. The minimum absolute atomic E-state index is 0.577. The maximum atomic E-state index is 6.76. The average molecular weight is 605 g/mol. The van der Waals surface area contributed by atoms with Crippen molar-refractivity contribution in [2.45, 2.75) is 0 Å². The van der Waals surface area contributed by atoms with Crippen LogP contribution in [-0.2, 0) is 0 Å². The first kappa shape index (κ1) is 27.0. The molecule has 0 radical (unpaired) electrons. The summed E-state index contributed by atoms with van der Waals surface area (Å²) in [5, 5.41) is 1.98. The zero-order valence-electron chi connectivity index (χ0n) is 25.4. The fourth-order valence-electron chi connectivity index (χ4n) is 6.51. The third-order valence-corrected chi connectivity index (χ3v) is 8.69. The Bertz CT molecular complexity index is 2410. The third-order valence-electron chi connectivity index (χ3n) is 8.69. The summed E-state index contributed by atoms with van der Waals surface area (Å²) >= 11 is 0. The first-order chi connectivity index (χ1) is 23.3. The van der Waals surface area contributed by atoms with Crippen LogP contribution < -0.4 is 4.90 Å². The van der Waals surface area contributed by atoms with Gasteiger partial charge < -0.3 is 13.7 Å². The Morgan fingerprint density at radius 2 is 1.02 bits per heavy atom. The monoisotopic (exact) mass is 604 g/mol. The van der Waals surface area contributed by atoms with Crippen LogP contribution in [-0.4, -0.2) is 4.98 Å². The van der Waals surface area contributed by atoms with E-state index < -0.39 is 0 Å². The number of aromatic nitrogens is 1. The van der Waals surface area contributed by atoms with E-state index in [0.29, 0.717) is 5.89 Å². The number of oxazole rings is 1. The molecule has 9 rings (SSSR count). The van der Waals surface area contributed by atoms with Crippen molar-refractivity contribution in [3.63, 3.8) is 0 Å². The number of nitrogens with zero attached hydrogens (tertiary/aromatic N) is 2. The molecule has 0 fully saturated rings. The number of furan rings is 1. The van der Waals surface area contributed by atoms with Gasteiger partial charge in [-0.2, -0.15) is 0 Å². The molecule has 0 atom stereocenters. The first-order valence-electron chi connectivity index (χ1n) is 15.7. The van der Waals surface area contributed by atoms with Crippen molar-refractivity contribution in [1.82, 2.24) is 4.98 Å². The van der Waals surface area contributed by atoms with E-state index in [1.165, 1.54) is 0 Å². The van der Waals surface area contributed by atoms with Crippen molar-refractivity contribution in [2.75, 3.05) is 4.90 Å². The zero-order chi connectivity index (χ0) is 31.2. The molecule has 7 aromatic carbocycles. The summed E-state index contributed by atoms with van der Waals surface area (Å²) in [6.45, 7) is 0. The SMILES string of the molecule is c1ccc(-c2cccc(N(c3cccc(-c4ccccc4)c3)c3cccc4c3oc3cccc(-c5nc6ccccc6o5)c34)c2)cc1. The summed E-state index contributed by atoms with van der Waals surface area (Å²) in [5.41, 5.74) is 11.7. The van der Waals surface area contributed by atoms with E-state index in [-0.39, 0.29) is 0 Å². The van der Waals surface area contributed by atoms with Gasteiger partial charge in [0.15, 0.2) is 11.2 Å². The molecule has 0 amide bonds. The third kappa shape index (κ3) is 4.75. The summed E-state index contributed by atoms with van der Waals surface area (Å²) < 4.78 is 13.0. The molecule has 2 aromatic heterocycles. The molecule has 2 heterocycles. The van der Waals surface area contributed by atoms with Crippen LogP contribution in [0.25, 0.3) is 66.7 Å². The van der Waals surface area contributed by atoms with Crippen LogP contribution in [0.4, 0.5) is 17.1 Å². The van der Waals surface area contributed by atoms with Crippen LogP contribution in [0.3, 0.4) is 0 Å². The lowest BCUT2D eigenvalue weighted by Crippen LogP contribution is -2.10. The van der Waals surface area contributed by atoms with E-state index in [4.69, 9.17) is 13.8 Å². The summed E-state index contributed by atoms with van der Waals surface area (Å²) in [6, 6.07) is 58.6. The zero-order valence-corrected chi connectivity index (χ0v) is 25.4. The number of fused-ring (bicyclic) bond motifs is 4. The van der Waals surface area contributed by atoms with Crippen molar-refractivity contribution >= 4 is 50.1 Å². The minimum Gasteiger partial charge on any atom is -0.454 e. The summed E-state index contributed by atoms with van der Waals surface area (Å²) in [5.74, 6) is 0.577. The molecule has 0 aliphatic rings. The summed E-state index contributed by atoms with van der Waals surface area (Å²) in [7, 11) is 0. The molecule has 0 bridgehead atoms. The summed E-state index contributed by atoms with van der Waals surface area (Å²) in [4.78, 5) is 7.12. The van der Waals surface area contributed by atoms with Crippen LogP contribution in [0.15, 0.2) is 179 Å². The molecule has 0 unspecified atom stereocenters. The predicted molar refractivity (Wildman–Crippen MR) is 192 cm³/mol. The molecular formula is C43H28N2O2. The highest BCUT2D eigenvalue weighted by atomic mass is 16.3. The molecule has 0 spiro atoms. The van der Waals surface area contributed by atoms with E-state index >= 15 is 0 Å². The Labute approximate surface area is 271 Å². The van der Waals surface area contributed by atoms with E-state index in [1.807, 2.05) is 48.5 Å². The second-order valence-electron chi connectivity index (χ2n) is 11.6. The van der Waals surface area contributed by atoms with Gasteiger partial charge in [-0.15, -0.1) is 0 Å². The minimum atomic E-state index is 0.577. The molecule has 0 saturated carbocycles. The number of para-hydroxylation sites is 3. The molecule has 0 aliphatic heterocycles. The lowest BCUT2D eigenvalue weighted by Gasteiger charge is -2.26. The van der Waals surface area contributed by atoms with E-state index in [9.17, 15) is 0 Å². The van der Waals surface area contributed by atoms with Gasteiger partial charge in [0.05, 0.1) is 5.69 Å². The van der Waals surface area contributed by atoms with Crippen LogP contribution in [0.5, 0.6) is 0 Å². The highest BCUT2D eigenvalue weighted by molar-refractivity contribution is 6.15. The van der Waals surface area contributed by atoms with Gasteiger partial charge in [0.1, 0.15) is 11.1 Å². The number of hydrogen-bond donors (Lipinski definition) is 0. The van der Waals surface area contributed by atoms with E-state index in [1.54, 1.807) is 0 Å². The van der Waals surface area contributed by atoms with Crippen LogP contribution in [0.2, 0.25) is 0 Å². The van der Waals surface area contributed by atoms with Gasteiger partial charge in [-0.05, 0) is 76.9 Å². The van der Waals surface area contributed by atoms with Gasteiger partial charge in [0.2, 0.25) is 5.89 Å². The van der Waals surface area contributed by atoms with E-state index in [0.717, 1.165) is 77.9 Å². The maximum Gasteiger partial charge on any atom is 0.228 e.